The van der Waals surface area contributed by atoms with Crippen molar-refractivity contribution in [1.82, 2.24) is 4.90 Å². The van der Waals surface area contributed by atoms with E-state index < -0.39 is 0 Å². The Hall–Kier alpha value is -0.540. The summed E-state index contributed by atoms with van der Waals surface area (Å²) < 4.78 is 1.17. The molecule has 2 fully saturated rings. The van der Waals surface area contributed by atoms with Gasteiger partial charge in [0.25, 0.3) is 0 Å². The molecule has 3 unspecified atom stereocenters. The van der Waals surface area contributed by atoms with Crippen LogP contribution in [0.3, 0.4) is 0 Å². The van der Waals surface area contributed by atoms with Gasteiger partial charge in [0, 0.05) is 29.3 Å². The second-order valence-corrected chi connectivity index (χ2v) is 6.32. The van der Waals surface area contributed by atoms with Gasteiger partial charge in [-0.1, -0.05) is 15.9 Å². The lowest BCUT2D eigenvalue weighted by atomic mass is 9.94. The molecule has 0 amide bonds. The summed E-state index contributed by atoms with van der Waals surface area (Å²) in [6.45, 7) is 6.01. The summed E-state index contributed by atoms with van der Waals surface area (Å²) >= 11 is 3.57. The molecular formula is C14H19BrN2. The predicted octanol–water partition coefficient (Wildman–Crippen LogP) is 3.26. The monoisotopic (exact) mass is 294 g/mol. The van der Waals surface area contributed by atoms with Crippen LogP contribution in [0.15, 0.2) is 22.7 Å². The second-order valence-electron chi connectivity index (χ2n) is 5.41. The highest BCUT2D eigenvalue weighted by Gasteiger charge is 2.33. The first kappa shape index (κ1) is 11.5. The number of aryl methyl sites for hydroxylation is 1. The van der Waals surface area contributed by atoms with Crippen LogP contribution >= 0.6 is 15.9 Å². The van der Waals surface area contributed by atoms with Crippen molar-refractivity contribution in [3.8, 4) is 0 Å². The molecule has 1 N–H and O–H groups in total. The van der Waals surface area contributed by atoms with Crippen LogP contribution in [0.1, 0.15) is 18.4 Å². The molecule has 3 heteroatoms. The molecule has 0 radical (unpaired) electrons. The lowest BCUT2D eigenvalue weighted by Gasteiger charge is -2.31. The van der Waals surface area contributed by atoms with Crippen molar-refractivity contribution in [1.29, 1.82) is 0 Å². The lowest BCUT2D eigenvalue weighted by Crippen LogP contribution is -2.39. The Morgan fingerprint density at radius 1 is 1.24 bits per heavy atom. The zero-order valence-corrected chi connectivity index (χ0v) is 11.8. The van der Waals surface area contributed by atoms with E-state index in [9.17, 15) is 0 Å². The molecule has 2 aliphatic heterocycles. The first-order valence-corrected chi connectivity index (χ1v) is 7.26. The highest BCUT2D eigenvalue weighted by molar-refractivity contribution is 9.10. The zero-order valence-electron chi connectivity index (χ0n) is 10.2. The standard InChI is InChI=1S/C14H19BrN2/c1-10-6-12(15)8-13(7-10)16-14-3-5-17-4-2-11(14)9-17/h6-8,11,14,16H,2-5,9H2,1H3. The molecular weight excluding hydrogens is 276 g/mol. The molecule has 2 nitrogen and oxygen atoms in total. The highest BCUT2D eigenvalue weighted by Crippen LogP contribution is 2.30. The number of nitrogens with zero attached hydrogens (tertiary/aromatic N) is 1. The van der Waals surface area contributed by atoms with Gasteiger partial charge in [0.05, 0.1) is 0 Å². The molecule has 2 aliphatic rings. The van der Waals surface area contributed by atoms with E-state index in [4.69, 9.17) is 0 Å². The number of fused-ring (bicyclic) bond motifs is 2. The van der Waals surface area contributed by atoms with E-state index in [0.29, 0.717) is 6.04 Å². The van der Waals surface area contributed by atoms with Crippen LogP contribution < -0.4 is 5.32 Å². The van der Waals surface area contributed by atoms with Gasteiger partial charge in [-0.05, 0) is 56.0 Å². The van der Waals surface area contributed by atoms with Gasteiger partial charge in [0.1, 0.15) is 0 Å². The van der Waals surface area contributed by atoms with Crippen LogP contribution in [0.5, 0.6) is 0 Å². The fraction of sp³-hybridized carbons (Fsp3) is 0.571. The third-order valence-corrected chi connectivity index (χ3v) is 4.49. The highest BCUT2D eigenvalue weighted by atomic mass is 79.9. The fourth-order valence-electron chi connectivity index (χ4n) is 3.18. The van der Waals surface area contributed by atoms with Gasteiger partial charge >= 0.3 is 0 Å². The number of halogens is 1. The van der Waals surface area contributed by atoms with Gasteiger partial charge in [0.2, 0.25) is 0 Å². The molecule has 3 rings (SSSR count). The minimum atomic E-state index is 0.669. The Balaban J connectivity index is 1.73. The first-order valence-electron chi connectivity index (χ1n) is 6.47. The molecule has 0 saturated carbocycles. The summed E-state index contributed by atoms with van der Waals surface area (Å²) in [7, 11) is 0. The van der Waals surface area contributed by atoms with Crippen molar-refractivity contribution in [3.05, 3.63) is 28.2 Å². The summed E-state index contributed by atoms with van der Waals surface area (Å²) in [6.07, 6.45) is 2.65. The number of nitrogens with one attached hydrogen (secondary N) is 1. The summed E-state index contributed by atoms with van der Waals surface area (Å²) in [4.78, 5) is 2.59. The van der Waals surface area contributed by atoms with Crippen molar-refractivity contribution in [2.24, 2.45) is 5.92 Å². The fourth-order valence-corrected chi connectivity index (χ4v) is 3.78. The molecule has 2 heterocycles. The molecule has 0 aliphatic carbocycles. The number of piperidine rings is 1. The molecule has 1 aromatic rings. The maximum absolute atomic E-state index is 3.73. The maximum atomic E-state index is 3.73. The molecule has 1 aromatic carbocycles. The average Bonchev–Trinajstić information content (AvgIpc) is 2.64. The minimum absolute atomic E-state index is 0.669. The number of rotatable bonds is 2. The SMILES string of the molecule is Cc1cc(Br)cc(NC2CCN3CCC2C3)c1. The smallest absolute Gasteiger partial charge is 0.0356 e. The van der Waals surface area contributed by atoms with E-state index in [2.05, 4.69) is 51.3 Å². The van der Waals surface area contributed by atoms with Crippen LogP contribution in [0.4, 0.5) is 5.69 Å². The van der Waals surface area contributed by atoms with E-state index in [1.807, 2.05) is 0 Å². The van der Waals surface area contributed by atoms with Crippen LogP contribution in [0, 0.1) is 12.8 Å². The van der Waals surface area contributed by atoms with E-state index >= 15 is 0 Å². The Morgan fingerprint density at radius 3 is 2.88 bits per heavy atom. The van der Waals surface area contributed by atoms with Crippen LogP contribution in [0.25, 0.3) is 0 Å². The third kappa shape index (κ3) is 2.50. The van der Waals surface area contributed by atoms with E-state index in [1.54, 1.807) is 0 Å². The minimum Gasteiger partial charge on any atom is -0.382 e. The van der Waals surface area contributed by atoms with Crippen molar-refractivity contribution in [3.63, 3.8) is 0 Å². The van der Waals surface area contributed by atoms with Crippen molar-refractivity contribution >= 4 is 21.6 Å². The molecule has 17 heavy (non-hydrogen) atoms. The molecule has 2 saturated heterocycles. The number of hydrogen-bond acceptors (Lipinski definition) is 2. The van der Waals surface area contributed by atoms with Crippen molar-refractivity contribution in [2.75, 3.05) is 25.0 Å². The number of anilines is 1. The molecule has 0 spiro atoms. The van der Waals surface area contributed by atoms with Gasteiger partial charge in [-0.3, -0.25) is 0 Å². The quantitative estimate of drug-likeness (QED) is 0.901. The summed E-state index contributed by atoms with van der Waals surface area (Å²) in [5, 5.41) is 3.73. The van der Waals surface area contributed by atoms with Crippen molar-refractivity contribution in [2.45, 2.75) is 25.8 Å². The first-order chi connectivity index (χ1) is 8.20. The predicted molar refractivity (Wildman–Crippen MR) is 75.5 cm³/mol. The van der Waals surface area contributed by atoms with Gasteiger partial charge in [-0.2, -0.15) is 0 Å². The van der Waals surface area contributed by atoms with Crippen molar-refractivity contribution < 1.29 is 0 Å². The second kappa shape index (κ2) is 4.62. The van der Waals surface area contributed by atoms with Gasteiger partial charge in [-0.25, -0.2) is 0 Å². The maximum Gasteiger partial charge on any atom is 0.0356 e. The topological polar surface area (TPSA) is 15.3 Å². The van der Waals surface area contributed by atoms with E-state index in [-0.39, 0.29) is 0 Å². The summed E-state index contributed by atoms with van der Waals surface area (Å²) in [5.74, 6) is 0.850. The Labute approximate surface area is 112 Å². The third-order valence-electron chi connectivity index (χ3n) is 4.03. The van der Waals surface area contributed by atoms with Gasteiger partial charge in [-0.15, -0.1) is 0 Å². The Morgan fingerprint density at radius 2 is 2.06 bits per heavy atom. The Kier molecular flexibility index (Phi) is 3.14. The average molecular weight is 295 g/mol. The largest absolute Gasteiger partial charge is 0.382 e. The molecule has 3 atom stereocenters. The van der Waals surface area contributed by atoms with Crippen LogP contribution in [0.2, 0.25) is 0 Å². The van der Waals surface area contributed by atoms with Gasteiger partial charge in [0.15, 0.2) is 0 Å². The van der Waals surface area contributed by atoms with E-state index in [0.717, 1.165) is 5.92 Å². The molecule has 92 valence electrons. The number of hydrogen-bond donors (Lipinski definition) is 1. The summed E-state index contributed by atoms with van der Waals surface area (Å²) in [5.41, 5.74) is 2.58. The Bertz CT molecular complexity index is 398. The number of benzene rings is 1. The van der Waals surface area contributed by atoms with E-state index in [1.165, 1.54) is 48.2 Å². The summed E-state index contributed by atoms with van der Waals surface area (Å²) in [6, 6.07) is 7.26. The van der Waals surface area contributed by atoms with Gasteiger partial charge < -0.3 is 10.2 Å². The molecule has 0 aromatic heterocycles. The lowest BCUT2D eigenvalue weighted by molar-refractivity contribution is 0.255. The zero-order chi connectivity index (χ0) is 11.8. The molecule has 2 bridgehead atoms. The normalized spacial score (nSPS) is 31.5. The van der Waals surface area contributed by atoms with Crippen LogP contribution in [-0.4, -0.2) is 30.6 Å². The van der Waals surface area contributed by atoms with Crippen LogP contribution in [-0.2, 0) is 0 Å².